The SMILES string of the molecule is CCCC(C)c1nc(CN(C)C(=O)NCC(=O)OC)cs1. The van der Waals surface area contributed by atoms with E-state index < -0.39 is 5.97 Å². The minimum Gasteiger partial charge on any atom is -0.468 e. The number of hydrogen-bond donors (Lipinski definition) is 1. The topological polar surface area (TPSA) is 71.5 Å². The van der Waals surface area contributed by atoms with Gasteiger partial charge in [-0.2, -0.15) is 0 Å². The quantitative estimate of drug-likeness (QED) is 0.784. The molecule has 0 spiro atoms. The molecule has 2 amide bonds. The summed E-state index contributed by atoms with van der Waals surface area (Å²) in [6.45, 7) is 4.61. The highest BCUT2D eigenvalue weighted by atomic mass is 32.1. The van der Waals surface area contributed by atoms with Crippen molar-refractivity contribution in [1.82, 2.24) is 15.2 Å². The lowest BCUT2D eigenvalue weighted by molar-refractivity contribution is -0.139. The molecular weight excluding hydrogens is 290 g/mol. The molecule has 0 fully saturated rings. The van der Waals surface area contributed by atoms with E-state index >= 15 is 0 Å². The van der Waals surface area contributed by atoms with Gasteiger partial charge in [0, 0.05) is 18.3 Å². The second kappa shape index (κ2) is 8.61. The number of aromatic nitrogens is 1. The van der Waals surface area contributed by atoms with Crippen LogP contribution in [0.4, 0.5) is 4.79 Å². The predicted molar refractivity (Wildman–Crippen MR) is 82.3 cm³/mol. The van der Waals surface area contributed by atoms with Gasteiger partial charge in [0.05, 0.1) is 24.4 Å². The molecule has 1 atom stereocenters. The lowest BCUT2D eigenvalue weighted by Crippen LogP contribution is -2.39. The van der Waals surface area contributed by atoms with Gasteiger partial charge in [0.2, 0.25) is 0 Å². The maximum atomic E-state index is 11.8. The second-order valence-electron chi connectivity index (χ2n) is 4.96. The number of esters is 1. The highest BCUT2D eigenvalue weighted by Gasteiger charge is 2.14. The average Bonchev–Trinajstić information content (AvgIpc) is 2.93. The predicted octanol–water partition coefficient (Wildman–Crippen LogP) is 2.36. The van der Waals surface area contributed by atoms with Crippen molar-refractivity contribution in [3.63, 3.8) is 0 Å². The summed E-state index contributed by atoms with van der Waals surface area (Å²) in [6.07, 6.45) is 2.24. The van der Waals surface area contributed by atoms with Crippen molar-refractivity contribution in [2.24, 2.45) is 0 Å². The normalized spacial score (nSPS) is 11.8. The van der Waals surface area contributed by atoms with Crippen LogP contribution in [0.1, 0.15) is 43.3 Å². The Morgan fingerprint density at radius 3 is 2.86 bits per heavy atom. The van der Waals surface area contributed by atoms with Crippen LogP contribution in [-0.2, 0) is 16.1 Å². The molecule has 7 heteroatoms. The first kappa shape index (κ1) is 17.4. The number of rotatable bonds is 7. The molecule has 0 saturated carbocycles. The van der Waals surface area contributed by atoms with Gasteiger partial charge in [0.1, 0.15) is 6.54 Å². The summed E-state index contributed by atoms with van der Waals surface area (Å²) in [4.78, 5) is 28.8. The number of thiazole rings is 1. The number of ether oxygens (including phenoxy) is 1. The third kappa shape index (κ3) is 5.71. The van der Waals surface area contributed by atoms with Gasteiger partial charge >= 0.3 is 12.0 Å². The van der Waals surface area contributed by atoms with Crippen molar-refractivity contribution in [3.8, 4) is 0 Å². The molecule has 0 radical (unpaired) electrons. The Morgan fingerprint density at radius 1 is 1.52 bits per heavy atom. The summed E-state index contributed by atoms with van der Waals surface area (Å²) < 4.78 is 4.47. The van der Waals surface area contributed by atoms with Crippen LogP contribution in [-0.4, -0.2) is 42.6 Å². The van der Waals surface area contributed by atoms with Crippen LogP contribution in [0, 0.1) is 0 Å². The third-order valence-corrected chi connectivity index (χ3v) is 4.20. The number of urea groups is 1. The molecule has 21 heavy (non-hydrogen) atoms. The van der Waals surface area contributed by atoms with E-state index in [1.54, 1.807) is 18.4 Å². The third-order valence-electron chi connectivity index (χ3n) is 3.07. The molecule has 1 aromatic rings. The lowest BCUT2D eigenvalue weighted by atomic mass is 10.1. The molecule has 0 aliphatic heterocycles. The highest BCUT2D eigenvalue weighted by Crippen LogP contribution is 2.24. The number of methoxy groups -OCH3 is 1. The first-order chi connectivity index (χ1) is 9.97. The van der Waals surface area contributed by atoms with E-state index in [1.807, 2.05) is 5.38 Å². The van der Waals surface area contributed by atoms with Gasteiger partial charge in [-0.05, 0) is 6.42 Å². The summed E-state index contributed by atoms with van der Waals surface area (Å²) in [6, 6.07) is -0.323. The minimum atomic E-state index is -0.471. The van der Waals surface area contributed by atoms with Crippen molar-refractivity contribution in [3.05, 3.63) is 16.1 Å². The first-order valence-corrected chi connectivity index (χ1v) is 7.86. The molecule has 1 aromatic heterocycles. The Bertz CT molecular complexity index is 476. The van der Waals surface area contributed by atoms with Gasteiger partial charge in [0.25, 0.3) is 0 Å². The van der Waals surface area contributed by atoms with E-state index in [4.69, 9.17) is 0 Å². The monoisotopic (exact) mass is 313 g/mol. The zero-order valence-electron chi connectivity index (χ0n) is 13.0. The maximum absolute atomic E-state index is 11.8. The van der Waals surface area contributed by atoms with Crippen LogP contribution < -0.4 is 5.32 Å². The zero-order valence-corrected chi connectivity index (χ0v) is 13.8. The highest BCUT2D eigenvalue weighted by molar-refractivity contribution is 7.09. The van der Waals surface area contributed by atoms with E-state index in [9.17, 15) is 9.59 Å². The summed E-state index contributed by atoms with van der Waals surface area (Å²) in [5, 5.41) is 5.58. The zero-order chi connectivity index (χ0) is 15.8. The van der Waals surface area contributed by atoms with E-state index in [2.05, 4.69) is 28.9 Å². The van der Waals surface area contributed by atoms with Crippen LogP contribution in [0.2, 0.25) is 0 Å². The van der Waals surface area contributed by atoms with Gasteiger partial charge in [-0.1, -0.05) is 20.3 Å². The smallest absolute Gasteiger partial charge is 0.325 e. The van der Waals surface area contributed by atoms with Crippen LogP contribution in [0.3, 0.4) is 0 Å². The van der Waals surface area contributed by atoms with Gasteiger partial charge in [0.15, 0.2) is 0 Å². The summed E-state index contributed by atoms with van der Waals surface area (Å²) >= 11 is 1.63. The van der Waals surface area contributed by atoms with Gasteiger partial charge in [-0.15, -0.1) is 11.3 Å². The average molecular weight is 313 g/mol. The number of amides is 2. The van der Waals surface area contributed by atoms with Gasteiger partial charge in [-0.3, -0.25) is 4.79 Å². The minimum absolute atomic E-state index is 0.129. The molecule has 0 aromatic carbocycles. The number of nitrogens with zero attached hydrogens (tertiary/aromatic N) is 2. The van der Waals surface area contributed by atoms with E-state index in [1.165, 1.54) is 12.0 Å². The second-order valence-corrected chi connectivity index (χ2v) is 5.85. The molecule has 0 saturated heterocycles. The standard InChI is InChI=1S/C14H23N3O3S/c1-5-6-10(2)13-16-11(9-21-13)8-17(3)14(19)15-7-12(18)20-4/h9-10H,5-8H2,1-4H3,(H,15,19). The van der Waals surface area contributed by atoms with E-state index in [0.717, 1.165) is 23.5 Å². The fourth-order valence-corrected chi connectivity index (χ4v) is 2.75. The summed E-state index contributed by atoms with van der Waals surface area (Å²) in [5.41, 5.74) is 0.869. The Balaban J connectivity index is 2.49. The van der Waals surface area contributed by atoms with Gasteiger partial charge in [-0.25, -0.2) is 9.78 Å². The fraction of sp³-hybridized carbons (Fsp3) is 0.643. The molecule has 0 aliphatic carbocycles. The van der Waals surface area contributed by atoms with Crippen LogP contribution in [0.15, 0.2) is 5.38 Å². The van der Waals surface area contributed by atoms with Crippen LogP contribution in [0.5, 0.6) is 0 Å². The van der Waals surface area contributed by atoms with Gasteiger partial charge < -0.3 is 15.0 Å². The Labute approximate surface area is 129 Å². The Hall–Kier alpha value is -1.63. The molecule has 118 valence electrons. The molecule has 1 heterocycles. The number of hydrogen-bond acceptors (Lipinski definition) is 5. The van der Waals surface area contributed by atoms with Crippen molar-refractivity contribution < 1.29 is 14.3 Å². The Morgan fingerprint density at radius 2 is 2.24 bits per heavy atom. The van der Waals surface area contributed by atoms with Crippen LogP contribution in [0.25, 0.3) is 0 Å². The number of carbonyl (C=O) groups is 2. The summed E-state index contributed by atoms with van der Waals surface area (Å²) in [7, 11) is 2.95. The van der Waals surface area contributed by atoms with Crippen molar-refractivity contribution in [2.45, 2.75) is 39.2 Å². The van der Waals surface area contributed by atoms with Crippen molar-refractivity contribution in [1.29, 1.82) is 0 Å². The molecule has 6 nitrogen and oxygen atoms in total. The molecule has 0 aliphatic rings. The molecule has 1 unspecified atom stereocenters. The van der Waals surface area contributed by atoms with Crippen LogP contribution >= 0.6 is 11.3 Å². The number of carbonyl (C=O) groups excluding carboxylic acids is 2. The van der Waals surface area contributed by atoms with E-state index in [0.29, 0.717) is 12.5 Å². The van der Waals surface area contributed by atoms with E-state index in [-0.39, 0.29) is 12.6 Å². The van der Waals surface area contributed by atoms with Crippen molar-refractivity contribution >= 4 is 23.3 Å². The summed E-state index contributed by atoms with van der Waals surface area (Å²) in [5.74, 6) is -0.0201. The maximum Gasteiger partial charge on any atom is 0.325 e. The number of nitrogens with one attached hydrogen (secondary N) is 1. The largest absolute Gasteiger partial charge is 0.468 e. The molecule has 1 rings (SSSR count). The molecule has 0 bridgehead atoms. The van der Waals surface area contributed by atoms with Crippen molar-refractivity contribution in [2.75, 3.05) is 20.7 Å². The Kier molecular flexibility index (Phi) is 7.14. The fourth-order valence-electron chi connectivity index (χ4n) is 1.85. The lowest BCUT2D eigenvalue weighted by Gasteiger charge is -2.16. The molecule has 1 N–H and O–H groups in total. The molecular formula is C14H23N3O3S. The first-order valence-electron chi connectivity index (χ1n) is 6.98.